The van der Waals surface area contributed by atoms with Gasteiger partial charge >= 0.3 is 6.09 Å². The number of imidazole rings is 1. The second-order valence-electron chi connectivity index (χ2n) is 10.6. The Morgan fingerprint density at radius 3 is 2.43 bits per heavy atom. The van der Waals surface area contributed by atoms with E-state index >= 15 is 0 Å². The monoisotopic (exact) mass is 562 g/mol. The van der Waals surface area contributed by atoms with E-state index in [0.29, 0.717) is 41.6 Å². The van der Waals surface area contributed by atoms with Gasteiger partial charge in [0.1, 0.15) is 17.2 Å². The first-order valence-corrected chi connectivity index (χ1v) is 14.0. The number of carbonyl (C=O) groups is 1. The normalized spacial score (nSPS) is 16.2. The van der Waals surface area contributed by atoms with Gasteiger partial charge in [0.15, 0.2) is 11.5 Å². The molecular formula is C31H30N8O3. The molecule has 4 N–H and O–H groups in total. The van der Waals surface area contributed by atoms with Crippen molar-refractivity contribution in [3.63, 3.8) is 0 Å². The molecule has 4 aromatic heterocycles. The van der Waals surface area contributed by atoms with Gasteiger partial charge in [-0.2, -0.15) is 0 Å². The van der Waals surface area contributed by atoms with E-state index in [1.165, 1.54) is 0 Å². The molecular weight excluding hydrogens is 532 g/mol. The number of nitrogens with one attached hydrogen (secondary N) is 1. The Bertz CT molecular complexity index is 1780. The third-order valence-electron chi connectivity index (χ3n) is 8.15. The molecule has 0 radical (unpaired) electrons. The standard InChI is InChI=1S/C31H30N8O3/c32-27-22(4-2-15-33-27)28-36-25-12-11-24(23-5-1-6-26(34-23)38-16-18-42-19-17-38)35-29(25)39(28)21-9-7-20(8-10-21)31(13-3-14-31)37-30(40)41/h1-2,4-12,15,37H,3,13-14,16-19H2,(H2,32,33)(H,40,41). The van der Waals surface area contributed by atoms with Gasteiger partial charge < -0.3 is 25.8 Å². The Kier molecular flexibility index (Phi) is 6.43. The molecule has 2 aliphatic rings. The minimum absolute atomic E-state index is 0.366. The number of rotatable bonds is 6. The van der Waals surface area contributed by atoms with Crippen LogP contribution in [0, 0.1) is 0 Å². The molecule has 1 saturated heterocycles. The molecule has 0 spiro atoms. The first-order chi connectivity index (χ1) is 20.5. The van der Waals surface area contributed by atoms with Crippen molar-refractivity contribution in [1.29, 1.82) is 0 Å². The van der Waals surface area contributed by atoms with Crippen molar-refractivity contribution in [3.8, 4) is 28.5 Å². The van der Waals surface area contributed by atoms with Crippen LogP contribution >= 0.6 is 0 Å². The maximum absolute atomic E-state index is 11.5. The van der Waals surface area contributed by atoms with Crippen LogP contribution in [0.4, 0.5) is 16.4 Å². The van der Waals surface area contributed by atoms with Crippen LogP contribution in [-0.2, 0) is 10.3 Å². The number of aromatic nitrogens is 5. The molecule has 1 aliphatic carbocycles. The smallest absolute Gasteiger partial charge is 0.405 e. The molecule has 11 heteroatoms. The molecule has 0 bridgehead atoms. The van der Waals surface area contributed by atoms with Crippen molar-refractivity contribution in [3.05, 3.63) is 78.5 Å². The van der Waals surface area contributed by atoms with Crippen LogP contribution in [0.5, 0.6) is 0 Å². The lowest BCUT2D eigenvalue weighted by molar-refractivity contribution is 0.122. The van der Waals surface area contributed by atoms with Gasteiger partial charge in [0.05, 0.1) is 35.7 Å². The number of anilines is 2. The van der Waals surface area contributed by atoms with Gasteiger partial charge in [-0.05, 0) is 73.4 Å². The molecule has 1 aromatic carbocycles. The Labute approximate surface area is 242 Å². The number of pyridine rings is 3. The number of hydrogen-bond donors (Lipinski definition) is 3. The third-order valence-corrected chi connectivity index (χ3v) is 8.15. The number of benzene rings is 1. The number of nitrogens with two attached hydrogens (primary N) is 1. The van der Waals surface area contributed by atoms with E-state index in [1.807, 2.05) is 71.3 Å². The maximum Gasteiger partial charge on any atom is 0.405 e. The van der Waals surface area contributed by atoms with E-state index < -0.39 is 11.6 Å². The molecule has 212 valence electrons. The summed E-state index contributed by atoms with van der Waals surface area (Å²) in [5.74, 6) is 1.88. The van der Waals surface area contributed by atoms with Gasteiger partial charge in [-0.15, -0.1) is 0 Å². The van der Waals surface area contributed by atoms with Crippen LogP contribution < -0.4 is 16.0 Å². The van der Waals surface area contributed by atoms with Crippen molar-refractivity contribution < 1.29 is 14.6 Å². The van der Waals surface area contributed by atoms with Gasteiger partial charge in [-0.1, -0.05) is 18.2 Å². The predicted octanol–water partition coefficient (Wildman–Crippen LogP) is 4.61. The number of amides is 1. The first-order valence-electron chi connectivity index (χ1n) is 14.0. The molecule has 0 atom stereocenters. The van der Waals surface area contributed by atoms with Gasteiger partial charge in [-0.3, -0.25) is 4.57 Å². The summed E-state index contributed by atoms with van der Waals surface area (Å²) in [5.41, 5.74) is 11.0. The molecule has 1 aliphatic heterocycles. The Hall–Kier alpha value is -5.03. The minimum atomic E-state index is -1.02. The first kappa shape index (κ1) is 25.9. The van der Waals surface area contributed by atoms with Crippen LogP contribution in [0.15, 0.2) is 72.9 Å². The summed E-state index contributed by atoms with van der Waals surface area (Å²) < 4.78 is 7.48. The molecule has 1 saturated carbocycles. The highest BCUT2D eigenvalue weighted by molar-refractivity contribution is 5.84. The summed E-state index contributed by atoms with van der Waals surface area (Å²) in [4.78, 5) is 32.9. The fourth-order valence-corrected chi connectivity index (χ4v) is 5.82. The maximum atomic E-state index is 11.5. The largest absolute Gasteiger partial charge is 0.465 e. The van der Waals surface area contributed by atoms with E-state index in [9.17, 15) is 9.90 Å². The number of ether oxygens (including phenoxy) is 1. The average molecular weight is 563 g/mol. The van der Waals surface area contributed by atoms with Crippen LogP contribution in [0.2, 0.25) is 0 Å². The van der Waals surface area contributed by atoms with E-state index in [1.54, 1.807) is 6.20 Å². The number of carboxylic acid groups (broad SMARTS) is 1. The van der Waals surface area contributed by atoms with E-state index in [-0.39, 0.29) is 0 Å². The molecule has 42 heavy (non-hydrogen) atoms. The number of fused-ring (bicyclic) bond motifs is 1. The van der Waals surface area contributed by atoms with Gasteiger partial charge in [0.25, 0.3) is 0 Å². The van der Waals surface area contributed by atoms with Gasteiger partial charge in [-0.25, -0.2) is 24.7 Å². The molecule has 1 amide bonds. The number of nitrogens with zero attached hydrogens (tertiary/aromatic N) is 6. The lowest BCUT2D eigenvalue weighted by atomic mass is 9.72. The summed E-state index contributed by atoms with van der Waals surface area (Å²) in [5, 5.41) is 12.2. The molecule has 5 heterocycles. The molecule has 11 nitrogen and oxygen atoms in total. The minimum Gasteiger partial charge on any atom is -0.465 e. The zero-order valence-corrected chi connectivity index (χ0v) is 22.9. The lowest BCUT2D eigenvalue weighted by Crippen LogP contribution is -2.50. The fraction of sp³-hybridized carbons (Fsp3) is 0.258. The Balaban J connectivity index is 1.34. The highest BCUT2D eigenvalue weighted by Crippen LogP contribution is 2.42. The molecule has 5 aromatic rings. The predicted molar refractivity (Wildman–Crippen MR) is 159 cm³/mol. The van der Waals surface area contributed by atoms with E-state index in [0.717, 1.165) is 60.8 Å². The van der Waals surface area contributed by atoms with Crippen LogP contribution in [0.25, 0.3) is 39.6 Å². The number of hydrogen-bond acceptors (Lipinski definition) is 8. The number of morpholine rings is 1. The van der Waals surface area contributed by atoms with Crippen LogP contribution in [0.1, 0.15) is 24.8 Å². The van der Waals surface area contributed by atoms with Crippen LogP contribution in [-0.4, -0.2) is 62.0 Å². The van der Waals surface area contributed by atoms with E-state index in [4.69, 9.17) is 25.4 Å². The van der Waals surface area contributed by atoms with Crippen molar-refractivity contribution in [2.75, 3.05) is 36.9 Å². The average Bonchev–Trinajstić information content (AvgIpc) is 3.38. The Morgan fingerprint density at radius 1 is 0.929 bits per heavy atom. The zero-order chi connectivity index (χ0) is 28.7. The Morgan fingerprint density at radius 2 is 1.71 bits per heavy atom. The second-order valence-corrected chi connectivity index (χ2v) is 10.6. The third kappa shape index (κ3) is 4.57. The van der Waals surface area contributed by atoms with Crippen molar-refractivity contribution in [2.24, 2.45) is 0 Å². The highest BCUT2D eigenvalue weighted by atomic mass is 16.5. The van der Waals surface area contributed by atoms with E-state index in [2.05, 4.69) is 15.2 Å². The number of nitrogen functional groups attached to an aromatic ring is 1. The molecule has 2 fully saturated rings. The van der Waals surface area contributed by atoms with Crippen molar-refractivity contribution >= 4 is 28.9 Å². The lowest BCUT2D eigenvalue weighted by Gasteiger charge is -2.42. The summed E-state index contributed by atoms with van der Waals surface area (Å²) in [6, 6.07) is 21.5. The SMILES string of the molecule is Nc1ncccc1-c1nc2ccc(-c3cccc(N4CCOCC4)n3)nc2n1-c1ccc(C2(NC(=O)O)CCC2)cc1. The van der Waals surface area contributed by atoms with Crippen molar-refractivity contribution in [2.45, 2.75) is 24.8 Å². The van der Waals surface area contributed by atoms with Gasteiger partial charge in [0, 0.05) is 25.0 Å². The van der Waals surface area contributed by atoms with Crippen molar-refractivity contribution in [1.82, 2.24) is 29.8 Å². The second kappa shape index (κ2) is 10.4. The summed E-state index contributed by atoms with van der Waals surface area (Å²) in [6.07, 6.45) is 3.15. The summed E-state index contributed by atoms with van der Waals surface area (Å²) in [6.45, 7) is 2.96. The zero-order valence-electron chi connectivity index (χ0n) is 22.9. The molecule has 0 unspecified atom stereocenters. The summed E-state index contributed by atoms with van der Waals surface area (Å²) in [7, 11) is 0. The topological polar surface area (TPSA) is 144 Å². The van der Waals surface area contributed by atoms with Crippen LogP contribution in [0.3, 0.4) is 0 Å². The summed E-state index contributed by atoms with van der Waals surface area (Å²) >= 11 is 0. The van der Waals surface area contributed by atoms with Gasteiger partial charge in [0.2, 0.25) is 0 Å². The quantitative estimate of drug-likeness (QED) is 0.270. The highest BCUT2D eigenvalue weighted by Gasteiger charge is 2.40. The fourth-order valence-electron chi connectivity index (χ4n) is 5.82. The molecule has 7 rings (SSSR count).